The van der Waals surface area contributed by atoms with E-state index in [9.17, 15) is 14.9 Å². The zero-order valence-corrected chi connectivity index (χ0v) is 13.7. The van der Waals surface area contributed by atoms with Crippen molar-refractivity contribution in [1.29, 1.82) is 0 Å². The first kappa shape index (κ1) is 16.8. The molecule has 0 aliphatic heterocycles. The monoisotopic (exact) mass is 331 g/mol. The van der Waals surface area contributed by atoms with Gasteiger partial charge in [0, 0.05) is 17.0 Å². The predicted octanol–water partition coefficient (Wildman–Crippen LogP) is 3.30. The van der Waals surface area contributed by atoms with E-state index in [0.717, 1.165) is 17.0 Å². The number of hydrazone groups is 1. The summed E-state index contributed by atoms with van der Waals surface area (Å²) in [5, 5.41) is 14.7. The Bertz CT molecular complexity index is 735. The van der Waals surface area contributed by atoms with Gasteiger partial charge in [0.15, 0.2) is 0 Å². The molecule has 0 saturated carbocycles. The van der Waals surface area contributed by atoms with Gasteiger partial charge in [-0.15, -0.1) is 11.3 Å². The maximum atomic E-state index is 11.9. The molecule has 120 valence electrons. The Hall–Kier alpha value is -2.54. The molecular weight excluding hydrogens is 314 g/mol. The molecule has 1 heterocycles. The minimum absolute atomic E-state index is 0.00690. The molecule has 7 heteroatoms. The Labute approximate surface area is 138 Å². The highest BCUT2D eigenvalue weighted by Gasteiger charge is 2.08. The van der Waals surface area contributed by atoms with Crippen LogP contribution in [0.3, 0.4) is 0 Å². The van der Waals surface area contributed by atoms with E-state index >= 15 is 0 Å². The van der Waals surface area contributed by atoms with Gasteiger partial charge >= 0.3 is 0 Å². The van der Waals surface area contributed by atoms with E-state index < -0.39 is 4.92 Å². The van der Waals surface area contributed by atoms with Crippen LogP contribution in [0.15, 0.2) is 41.5 Å². The Kier molecular flexibility index (Phi) is 5.59. The summed E-state index contributed by atoms with van der Waals surface area (Å²) in [4.78, 5) is 24.3. The summed E-state index contributed by atoms with van der Waals surface area (Å²) in [6.07, 6.45) is 1.10. The molecular formula is C16H17N3O3S. The van der Waals surface area contributed by atoms with Crippen LogP contribution in [0, 0.1) is 10.1 Å². The van der Waals surface area contributed by atoms with Crippen molar-refractivity contribution in [2.75, 3.05) is 0 Å². The molecule has 0 atom stereocenters. The summed E-state index contributed by atoms with van der Waals surface area (Å²) in [6, 6.07) is 9.95. The van der Waals surface area contributed by atoms with Crippen LogP contribution in [0.4, 0.5) is 5.69 Å². The van der Waals surface area contributed by atoms with E-state index in [0.29, 0.717) is 5.56 Å². The number of non-ortho nitro benzene ring substituents is 1. The number of rotatable bonds is 6. The molecule has 23 heavy (non-hydrogen) atoms. The van der Waals surface area contributed by atoms with Gasteiger partial charge in [0.2, 0.25) is 5.91 Å². The van der Waals surface area contributed by atoms with Gasteiger partial charge < -0.3 is 0 Å². The zero-order valence-electron chi connectivity index (χ0n) is 12.9. The molecule has 0 fully saturated rings. The molecule has 0 saturated heterocycles. The quantitative estimate of drug-likeness (QED) is 0.501. The fraction of sp³-hybridized carbons (Fsp3) is 0.250. The number of carbonyl (C=O) groups is 1. The molecule has 0 unspecified atom stereocenters. The van der Waals surface area contributed by atoms with E-state index in [-0.39, 0.29) is 18.0 Å². The molecule has 0 spiro atoms. The second-order valence-corrected chi connectivity index (χ2v) is 6.12. The van der Waals surface area contributed by atoms with E-state index in [1.54, 1.807) is 23.5 Å². The summed E-state index contributed by atoms with van der Waals surface area (Å²) < 4.78 is 0. The molecule has 1 aromatic heterocycles. The lowest BCUT2D eigenvalue weighted by molar-refractivity contribution is -0.384. The number of hydrogen-bond donors (Lipinski definition) is 1. The highest BCUT2D eigenvalue weighted by molar-refractivity contribution is 7.14. The fourth-order valence-electron chi connectivity index (χ4n) is 1.92. The Morgan fingerprint density at radius 2 is 1.96 bits per heavy atom. The molecule has 1 amide bonds. The number of nitrogens with one attached hydrogen (secondary N) is 1. The maximum Gasteiger partial charge on any atom is 0.269 e. The van der Waals surface area contributed by atoms with E-state index in [1.807, 2.05) is 13.0 Å². The number of aryl methyl sites for hydroxylation is 1. The SMILES string of the molecule is CCc1ccc(C(C)=NNC(=O)Cc2ccc([N+](=O)[O-])cc2)s1. The van der Waals surface area contributed by atoms with E-state index in [2.05, 4.69) is 23.5 Å². The number of hydrogen-bond acceptors (Lipinski definition) is 5. The number of nitro groups is 1. The van der Waals surface area contributed by atoms with E-state index in [4.69, 9.17) is 0 Å². The predicted molar refractivity (Wildman–Crippen MR) is 90.9 cm³/mol. The first-order valence-corrected chi connectivity index (χ1v) is 7.96. The smallest absolute Gasteiger partial charge is 0.269 e. The summed E-state index contributed by atoms with van der Waals surface area (Å²) in [5.41, 5.74) is 3.98. The topological polar surface area (TPSA) is 84.6 Å². The van der Waals surface area contributed by atoms with Crippen molar-refractivity contribution >= 4 is 28.6 Å². The summed E-state index contributed by atoms with van der Waals surface area (Å²) in [7, 11) is 0. The van der Waals surface area contributed by atoms with Crippen molar-refractivity contribution in [2.45, 2.75) is 26.7 Å². The van der Waals surface area contributed by atoms with Gasteiger partial charge in [0.05, 0.1) is 21.9 Å². The van der Waals surface area contributed by atoms with Gasteiger partial charge in [-0.05, 0) is 31.0 Å². The minimum Gasteiger partial charge on any atom is -0.273 e. The Morgan fingerprint density at radius 3 is 2.52 bits per heavy atom. The number of amides is 1. The van der Waals surface area contributed by atoms with Crippen LogP contribution in [0.25, 0.3) is 0 Å². The number of thiophene rings is 1. The summed E-state index contributed by atoms with van der Waals surface area (Å²) >= 11 is 1.65. The van der Waals surface area contributed by atoms with Crippen molar-refractivity contribution in [3.05, 3.63) is 61.8 Å². The summed E-state index contributed by atoms with van der Waals surface area (Å²) in [6.45, 7) is 3.94. The lowest BCUT2D eigenvalue weighted by Gasteiger charge is -2.02. The van der Waals surface area contributed by atoms with Crippen molar-refractivity contribution in [3.63, 3.8) is 0 Å². The number of benzene rings is 1. The van der Waals surface area contributed by atoms with Gasteiger partial charge in [-0.3, -0.25) is 14.9 Å². The third-order valence-electron chi connectivity index (χ3n) is 3.23. The van der Waals surface area contributed by atoms with Crippen LogP contribution in [0.5, 0.6) is 0 Å². The Morgan fingerprint density at radius 1 is 1.26 bits per heavy atom. The van der Waals surface area contributed by atoms with Crippen molar-refractivity contribution in [2.24, 2.45) is 5.10 Å². The molecule has 0 bridgehead atoms. The molecule has 2 aromatic rings. The largest absolute Gasteiger partial charge is 0.273 e. The molecule has 0 radical (unpaired) electrons. The maximum absolute atomic E-state index is 11.9. The van der Waals surface area contributed by atoms with Gasteiger partial charge in [0.1, 0.15) is 0 Å². The van der Waals surface area contributed by atoms with Crippen LogP contribution in [0.2, 0.25) is 0 Å². The van der Waals surface area contributed by atoms with Gasteiger partial charge in [-0.25, -0.2) is 5.43 Å². The van der Waals surface area contributed by atoms with Gasteiger partial charge in [0.25, 0.3) is 5.69 Å². The standard InChI is InChI=1S/C16H17N3O3S/c1-3-14-8-9-15(23-14)11(2)17-18-16(20)10-12-4-6-13(7-5-12)19(21)22/h4-9H,3,10H2,1-2H3,(H,18,20). The van der Waals surface area contributed by atoms with Crippen molar-refractivity contribution < 1.29 is 9.72 Å². The van der Waals surface area contributed by atoms with Crippen LogP contribution in [0.1, 0.15) is 29.2 Å². The van der Waals surface area contributed by atoms with E-state index in [1.165, 1.54) is 17.0 Å². The zero-order chi connectivity index (χ0) is 16.8. The van der Waals surface area contributed by atoms with Crippen LogP contribution < -0.4 is 5.43 Å². The molecule has 1 aromatic carbocycles. The number of nitro benzene ring substituents is 1. The lowest BCUT2D eigenvalue weighted by atomic mass is 10.1. The highest BCUT2D eigenvalue weighted by atomic mass is 32.1. The third kappa shape index (κ3) is 4.72. The first-order chi connectivity index (χ1) is 11.0. The van der Waals surface area contributed by atoms with Crippen LogP contribution in [-0.4, -0.2) is 16.5 Å². The molecule has 6 nitrogen and oxygen atoms in total. The molecule has 0 aliphatic rings. The second kappa shape index (κ2) is 7.64. The molecule has 2 rings (SSSR count). The fourth-order valence-corrected chi connectivity index (χ4v) is 2.82. The number of carbonyl (C=O) groups excluding carboxylic acids is 1. The minimum atomic E-state index is -0.469. The molecule has 0 aliphatic carbocycles. The van der Waals surface area contributed by atoms with Gasteiger partial charge in [-0.2, -0.15) is 5.10 Å². The number of nitrogens with zero attached hydrogens (tertiary/aromatic N) is 2. The summed E-state index contributed by atoms with van der Waals surface area (Å²) in [5.74, 6) is -0.259. The first-order valence-electron chi connectivity index (χ1n) is 7.15. The normalized spacial score (nSPS) is 11.3. The highest BCUT2D eigenvalue weighted by Crippen LogP contribution is 2.17. The second-order valence-electron chi connectivity index (χ2n) is 4.95. The Balaban J connectivity index is 1.93. The van der Waals surface area contributed by atoms with Crippen LogP contribution in [-0.2, 0) is 17.6 Å². The molecule has 1 N–H and O–H groups in total. The lowest BCUT2D eigenvalue weighted by Crippen LogP contribution is -2.21. The van der Waals surface area contributed by atoms with Crippen LogP contribution >= 0.6 is 11.3 Å². The average molecular weight is 331 g/mol. The van der Waals surface area contributed by atoms with Crippen molar-refractivity contribution in [3.8, 4) is 0 Å². The average Bonchev–Trinajstić information content (AvgIpc) is 3.02. The van der Waals surface area contributed by atoms with Crippen molar-refractivity contribution in [1.82, 2.24) is 5.43 Å². The third-order valence-corrected chi connectivity index (χ3v) is 4.57. The van der Waals surface area contributed by atoms with Gasteiger partial charge in [-0.1, -0.05) is 19.1 Å².